The van der Waals surface area contributed by atoms with E-state index < -0.39 is 8.32 Å². The van der Waals surface area contributed by atoms with Crippen molar-refractivity contribution in [3.05, 3.63) is 0 Å². The van der Waals surface area contributed by atoms with Crippen molar-refractivity contribution in [1.82, 2.24) is 0 Å². The molecule has 3 aliphatic carbocycles. The molecule has 0 amide bonds. The maximum atomic E-state index is 10.9. The fourth-order valence-corrected chi connectivity index (χ4v) is 10.6. The van der Waals surface area contributed by atoms with Crippen LogP contribution in [0.15, 0.2) is 0 Å². The van der Waals surface area contributed by atoms with Crippen molar-refractivity contribution < 1.29 is 14.6 Å². The Balaban J connectivity index is 1.73. The molecule has 0 saturated heterocycles. The molecule has 0 unspecified atom stereocenters. The van der Waals surface area contributed by atoms with Gasteiger partial charge in [-0.3, -0.25) is 0 Å². The highest BCUT2D eigenvalue weighted by Crippen LogP contribution is 2.65. The fourth-order valence-electron chi connectivity index (χ4n) is 9.24. The lowest BCUT2D eigenvalue weighted by molar-refractivity contribution is -0.116. The van der Waals surface area contributed by atoms with Gasteiger partial charge in [-0.1, -0.05) is 74.7 Å². The maximum absolute atomic E-state index is 10.9. The van der Waals surface area contributed by atoms with E-state index in [1.165, 1.54) is 44.9 Å². The molecule has 37 heavy (non-hydrogen) atoms. The minimum atomic E-state index is -1.82. The van der Waals surface area contributed by atoms with Crippen LogP contribution in [-0.2, 0) is 4.43 Å². The lowest BCUT2D eigenvalue weighted by Crippen LogP contribution is -2.54. The minimum Gasteiger partial charge on any atom is -0.414 e. The van der Waals surface area contributed by atoms with Crippen molar-refractivity contribution in [2.75, 3.05) is 13.2 Å². The molecule has 3 rings (SSSR count). The van der Waals surface area contributed by atoms with Crippen LogP contribution < -0.4 is 0 Å². The van der Waals surface area contributed by atoms with Crippen molar-refractivity contribution in [3.63, 3.8) is 0 Å². The van der Waals surface area contributed by atoms with Gasteiger partial charge in [0.2, 0.25) is 0 Å². The van der Waals surface area contributed by atoms with Gasteiger partial charge in [0, 0.05) is 19.3 Å². The highest BCUT2D eigenvalue weighted by molar-refractivity contribution is 6.74. The Hall–Kier alpha value is 0.0969. The summed E-state index contributed by atoms with van der Waals surface area (Å²) in [5.41, 5.74) is 0.465. The van der Waals surface area contributed by atoms with E-state index >= 15 is 0 Å². The Bertz CT molecular complexity index is 730. The highest BCUT2D eigenvalue weighted by Gasteiger charge is 2.59. The molecule has 0 radical (unpaired) electrons. The van der Waals surface area contributed by atoms with Gasteiger partial charge in [-0.05, 0) is 115 Å². The Morgan fingerprint density at radius 1 is 0.865 bits per heavy atom. The summed E-state index contributed by atoms with van der Waals surface area (Å²) >= 11 is 0. The second-order valence-corrected chi connectivity index (χ2v) is 21.0. The third-order valence-corrected chi connectivity index (χ3v) is 17.2. The SMILES string of the molecule is CC(C)CCC[C@@H](C)[C@H]1CC[C@H]2[C@H](CO)[C@@H]([C@@]3(C)CC[C@H](O[Si](C)(C)C(C)(C)C)C[C@@H]3CO)CC[C@]12C. The Morgan fingerprint density at radius 3 is 2.05 bits per heavy atom. The predicted octanol–water partition coefficient (Wildman–Crippen LogP) is 8.69. The minimum absolute atomic E-state index is 0.0950. The second kappa shape index (κ2) is 11.9. The highest BCUT2D eigenvalue weighted by atomic mass is 28.4. The second-order valence-electron chi connectivity index (χ2n) is 16.2. The molecule has 0 aliphatic heterocycles. The van der Waals surface area contributed by atoms with Gasteiger partial charge >= 0.3 is 0 Å². The summed E-state index contributed by atoms with van der Waals surface area (Å²) in [6.45, 7) is 24.5. The molecule has 0 bridgehead atoms. The van der Waals surface area contributed by atoms with Gasteiger partial charge in [-0.15, -0.1) is 0 Å². The number of fused-ring (bicyclic) bond motifs is 1. The summed E-state index contributed by atoms with van der Waals surface area (Å²) in [4.78, 5) is 0. The summed E-state index contributed by atoms with van der Waals surface area (Å²) in [6.07, 6.45) is 12.7. The van der Waals surface area contributed by atoms with E-state index in [0.29, 0.717) is 29.8 Å². The van der Waals surface area contributed by atoms with Crippen LogP contribution in [0.4, 0.5) is 0 Å². The summed E-state index contributed by atoms with van der Waals surface area (Å²) in [7, 11) is -1.82. The van der Waals surface area contributed by atoms with Crippen LogP contribution in [0.5, 0.6) is 0 Å². The van der Waals surface area contributed by atoms with Crippen LogP contribution in [0.25, 0.3) is 0 Å². The smallest absolute Gasteiger partial charge is 0.192 e. The molecule has 4 heteroatoms. The van der Waals surface area contributed by atoms with Gasteiger partial charge in [0.05, 0.1) is 0 Å². The van der Waals surface area contributed by atoms with Gasteiger partial charge in [-0.2, -0.15) is 0 Å². The summed E-state index contributed by atoms with van der Waals surface area (Å²) in [5.74, 6) is 4.18. The standard InChI is InChI=1S/C33H64O3Si/c1-23(2)12-11-13-24(3)28-14-15-29-27(22-35)30(17-19-33(28,29)8)32(7)18-16-26(20-25(32)21-34)36-37(9,10)31(4,5)6/h23-30,34-35H,11-22H2,1-10H3/t24-,25-,26+,27+,28-,29+,30+,32+,33-/m1/s1. The summed E-state index contributed by atoms with van der Waals surface area (Å²) in [6, 6.07) is 0. The van der Waals surface area contributed by atoms with Gasteiger partial charge < -0.3 is 14.6 Å². The van der Waals surface area contributed by atoms with E-state index in [9.17, 15) is 10.2 Å². The topological polar surface area (TPSA) is 49.7 Å². The third kappa shape index (κ3) is 6.38. The predicted molar refractivity (Wildman–Crippen MR) is 160 cm³/mol. The van der Waals surface area contributed by atoms with Gasteiger partial charge in [0.25, 0.3) is 0 Å². The molecule has 2 N–H and O–H groups in total. The summed E-state index contributed by atoms with van der Waals surface area (Å²) in [5, 5.41) is 21.7. The Kier molecular flexibility index (Phi) is 10.2. The van der Waals surface area contributed by atoms with Crippen LogP contribution in [0.3, 0.4) is 0 Å². The molecule has 0 aromatic heterocycles. The van der Waals surface area contributed by atoms with Crippen LogP contribution >= 0.6 is 0 Å². The maximum Gasteiger partial charge on any atom is 0.192 e. The molecule has 3 aliphatic rings. The zero-order valence-corrected chi connectivity index (χ0v) is 27.4. The average molecular weight is 537 g/mol. The number of aliphatic hydroxyl groups excluding tert-OH is 2. The Morgan fingerprint density at radius 2 is 1.49 bits per heavy atom. The van der Waals surface area contributed by atoms with Crippen LogP contribution in [-0.4, -0.2) is 37.8 Å². The number of rotatable bonds is 10. The molecule has 3 nitrogen and oxygen atoms in total. The molecule has 0 aromatic rings. The first-order chi connectivity index (χ1) is 17.1. The molecule has 3 fully saturated rings. The van der Waals surface area contributed by atoms with Crippen molar-refractivity contribution in [1.29, 1.82) is 0 Å². The molecular weight excluding hydrogens is 472 g/mol. The van der Waals surface area contributed by atoms with E-state index in [1.807, 2.05) is 0 Å². The van der Waals surface area contributed by atoms with Crippen LogP contribution in [0, 0.1) is 52.3 Å². The van der Waals surface area contributed by atoms with Crippen molar-refractivity contribution in [3.8, 4) is 0 Å². The lowest BCUT2D eigenvalue weighted by Gasteiger charge is -2.58. The lowest BCUT2D eigenvalue weighted by atomic mass is 9.48. The number of aliphatic hydroxyl groups is 2. The third-order valence-electron chi connectivity index (χ3n) is 12.7. The van der Waals surface area contributed by atoms with Gasteiger partial charge in [0.15, 0.2) is 8.32 Å². The molecule has 3 saturated carbocycles. The zero-order valence-electron chi connectivity index (χ0n) is 26.4. The first-order valence-electron chi connectivity index (χ1n) is 16.0. The van der Waals surface area contributed by atoms with Gasteiger partial charge in [-0.25, -0.2) is 0 Å². The van der Waals surface area contributed by atoms with Crippen molar-refractivity contribution >= 4 is 8.32 Å². The van der Waals surface area contributed by atoms with Crippen LogP contribution in [0.1, 0.15) is 120 Å². The van der Waals surface area contributed by atoms with E-state index in [4.69, 9.17) is 4.43 Å². The zero-order chi connectivity index (χ0) is 27.8. The number of hydrogen-bond donors (Lipinski definition) is 2. The molecule has 0 aromatic carbocycles. The molecule has 0 heterocycles. The largest absolute Gasteiger partial charge is 0.414 e. The molecule has 9 atom stereocenters. The normalized spacial score (nSPS) is 40.1. The fraction of sp³-hybridized carbons (Fsp3) is 1.00. The summed E-state index contributed by atoms with van der Waals surface area (Å²) < 4.78 is 6.86. The average Bonchev–Trinajstić information content (AvgIpc) is 3.15. The van der Waals surface area contributed by atoms with Crippen LogP contribution in [0.2, 0.25) is 18.1 Å². The molecular formula is C33H64O3Si. The quantitative estimate of drug-likeness (QED) is 0.275. The van der Waals surface area contributed by atoms with E-state index in [-0.39, 0.29) is 29.1 Å². The monoisotopic (exact) mass is 536 g/mol. The first kappa shape index (κ1) is 31.6. The Labute approximate surface area is 232 Å². The van der Waals surface area contributed by atoms with E-state index in [0.717, 1.165) is 37.0 Å². The first-order valence-corrected chi connectivity index (χ1v) is 18.9. The number of hydrogen-bond acceptors (Lipinski definition) is 3. The van der Waals surface area contributed by atoms with E-state index in [2.05, 4.69) is 68.5 Å². The molecule has 0 spiro atoms. The van der Waals surface area contributed by atoms with Crippen molar-refractivity contribution in [2.45, 2.75) is 144 Å². The van der Waals surface area contributed by atoms with E-state index in [1.54, 1.807) is 0 Å². The van der Waals surface area contributed by atoms with Crippen molar-refractivity contribution in [2.24, 2.45) is 52.3 Å². The van der Waals surface area contributed by atoms with Gasteiger partial charge in [0.1, 0.15) is 0 Å². The molecule has 218 valence electrons.